The highest BCUT2D eigenvalue weighted by atomic mass is 32.2. The molecule has 10 heteroatoms. The van der Waals surface area contributed by atoms with Gasteiger partial charge < -0.3 is 13.7 Å². The normalized spacial score (nSPS) is 17.8. The minimum Gasteiger partial charge on any atom is -0.494 e. The molecule has 2 atom stereocenters. The summed E-state index contributed by atoms with van der Waals surface area (Å²) in [5.41, 5.74) is 3.08. The predicted molar refractivity (Wildman–Crippen MR) is 109 cm³/mol. The minimum atomic E-state index is -0.507. The lowest BCUT2D eigenvalue weighted by Gasteiger charge is -2.07. The molecule has 1 fully saturated rings. The Balaban J connectivity index is 1.35. The highest BCUT2D eigenvalue weighted by Gasteiger charge is 2.43. The van der Waals surface area contributed by atoms with Crippen molar-refractivity contribution in [2.75, 3.05) is 7.11 Å². The third kappa shape index (κ3) is 3.50. The Bertz CT molecular complexity index is 1230. The van der Waals surface area contributed by atoms with Crippen LogP contribution in [-0.2, 0) is 7.05 Å². The van der Waals surface area contributed by atoms with Crippen LogP contribution in [0, 0.1) is 0 Å². The van der Waals surface area contributed by atoms with Crippen molar-refractivity contribution in [1.29, 1.82) is 0 Å². The molecule has 152 valence electrons. The maximum absolute atomic E-state index is 11.2. The van der Waals surface area contributed by atoms with E-state index in [1.807, 2.05) is 11.6 Å². The first kappa shape index (κ1) is 18.6. The summed E-state index contributed by atoms with van der Waals surface area (Å²) >= 11 is 1.45. The standard InChI is InChI=1S/C20H18N6O3S/c1-26-10-23-16(18(26)30-19-21-8-13(28-2)9-22-19)12-5-3-11(4-6-12)14-7-15(14)17-24-25-20(27)29-17/h3-6,8-10,14-15H,7H2,1-2H3,(H,25,27)/t14-,15+/m1/s1. The number of nitrogens with zero attached hydrogens (tertiary/aromatic N) is 5. The molecule has 0 radical (unpaired) electrons. The molecule has 1 aliphatic carbocycles. The molecule has 0 aliphatic heterocycles. The molecule has 1 N–H and O–H groups in total. The number of aromatic amines is 1. The van der Waals surface area contributed by atoms with Gasteiger partial charge in [0.1, 0.15) is 10.7 Å². The Morgan fingerprint density at radius 1 is 1.17 bits per heavy atom. The average molecular weight is 422 g/mol. The number of hydrogen-bond donors (Lipinski definition) is 1. The number of methoxy groups -OCH3 is 1. The number of imidazole rings is 1. The molecule has 1 saturated carbocycles. The Morgan fingerprint density at radius 3 is 2.60 bits per heavy atom. The summed E-state index contributed by atoms with van der Waals surface area (Å²) < 4.78 is 12.2. The summed E-state index contributed by atoms with van der Waals surface area (Å²) in [6.45, 7) is 0. The predicted octanol–water partition coefficient (Wildman–Crippen LogP) is 2.98. The maximum Gasteiger partial charge on any atom is 0.434 e. The molecule has 5 rings (SSSR count). The van der Waals surface area contributed by atoms with E-state index in [1.165, 1.54) is 17.3 Å². The summed E-state index contributed by atoms with van der Waals surface area (Å²) in [5, 5.41) is 7.85. The third-order valence-corrected chi connectivity index (χ3v) is 6.15. The Hall–Kier alpha value is -3.40. The van der Waals surface area contributed by atoms with Crippen LogP contribution in [0.3, 0.4) is 0 Å². The zero-order chi connectivity index (χ0) is 20.7. The SMILES string of the molecule is COc1cnc(Sc2c(-c3ccc([C@H]4C[C@@H]4c4n[nH]c(=O)o4)cc3)ncn2C)nc1. The first-order valence-corrected chi connectivity index (χ1v) is 10.1. The van der Waals surface area contributed by atoms with Crippen LogP contribution >= 0.6 is 11.8 Å². The van der Waals surface area contributed by atoms with E-state index in [4.69, 9.17) is 9.15 Å². The highest BCUT2D eigenvalue weighted by molar-refractivity contribution is 7.99. The van der Waals surface area contributed by atoms with Gasteiger partial charge in [-0.2, -0.15) is 0 Å². The highest BCUT2D eigenvalue weighted by Crippen LogP contribution is 2.53. The summed E-state index contributed by atoms with van der Waals surface area (Å²) in [7, 11) is 3.53. The van der Waals surface area contributed by atoms with Gasteiger partial charge in [-0.3, -0.25) is 0 Å². The van der Waals surface area contributed by atoms with Crippen molar-refractivity contribution in [2.45, 2.75) is 28.4 Å². The topological polar surface area (TPSA) is 112 Å². The molecular formula is C20H18N6O3S. The van der Waals surface area contributed by atoms with E-state index in [0.717, 1.165) is 22.7 Å². The zero-order valence-electron chi connectivity index (χ0n) is 16.3. The van der Waals surface area contributed by atoms with Crippen LogP contribution in [0.15, 0.2) is 62.4 Å². The number of hydrogen-bond acceptors (Lipinski definition) is 8. The molecule has 9 nitrogen and oxygen atoms in total. The van der Waals surface area contributed by atoms with Crippen LogP contribution in [0.4, 0.5) is 0 Å². The number of aromatic nitrogens is 6. The molecule has 3 heterocycles. The van der Waals surface area contributed by atoms with Crippen molar-refractivity contribution in [3.8, 4) is 17.0 Å². The van der Waals surface area contributed by atoms with Crippen LogP contribution in [0.2, 0.25) is 0 Å². The van der Waals surface area contributed by atoms with Gasteiger partial charge in [0.15, 0.2) is 10.9 Å². The second-order valence-corrected chi connectivity index (χ2v) is 7.99. The fourth-order valence-electron chi connectivity index (χ4n) is 3.41. The monoisotopic (exact) mass is 422 g/mol. The van der Waals surface area contributed by atoms with Crippen molar-refractivity contribution in [2.24, 2.45) is 7.05 Å². The van der Waals surface area contributed by atoms with E-state index >= 15 is 0 Å². The number of aryl methyl sites for hydroxylation is 1. The molecule has 0 bridgehead atoms. The van der Waals surface area contributed by atoms with Gasteiger partial charge >= 0.3 is 5.76 Å². The van der Waals surface area contributed by atoms with Crippen LogP contribution < -0.4 is 10.5 Å². The van der Waals surface area contributed by atoms with E-state index in [1.54, 1.807) is 25.8 Å². The second-order valence-electron chi connectivity index (χ2n) is 7.04. The third-order valence-electron chi connectivity index (χ3n) is 5.09. The number of benzene rings is 1. The molecule has 0 amide bonds. The van der Waals surface area contributed by atoms with Crippen LogP contribution in [-0.4, -0.2) is 36.8 Å². The lowest BCUT2D eigenvalue weighted by Crippen LogP contribution is -1.94. The molecule has 0 saturated heterocycles. The van der Waals surface area contributed by atoms with Crippen LogP contribution in [0.25, 0.3) is 11.3 Å². The first-order valence-electron chi connectivity index (χ1n) is 9.33. The van der Waals surface area contributed by atoms with Gasteiger partial charge in [0.05, 0.1) is 25.8 Å². The van der Waals surface area contributed by atoms with Gasteiger partial charge in [-0.1, -0.05) is 24.3 Å². The van der Waals surface area contributed by atoms with E-state index < -0.39 is 5.76 Å². The van der Waals surface area contributed by atoms with Gasteiger partial charge in [0.2, 0.25) is 5.89 Å². The number of nitrogens with one attached hydrogen (secondary N) is 1. The van der Waals surface area contributed by atoms with Crippen molar-refractivity contribution in [1.82, 2.24) is 29.7 Å². The van der Waals surface area contributed by atoms with Gasteiger partial charge in [0.25, 0.3) is 0 Å². The van der Waals surface area contributed by atoms with Gasteiger partial charge in [-0.05, 0) is 29.7 Å². The molecular weight excluding hydrogens is 404 g/mol. The van der Waals surface area contributed by atoms with Gasteiger partial charge in [-0.25, -0.2) is 24.8 Å². The van der Waals surface area contributed by atoms with Crippen LogP contribution in [0.5, 0.6) is 5.75 Å². The number of rotatable bonds is 6. The van der Waals surface area contributed by atoms with E-state index in [0.29, 0.717) is 22.7 Å². The largest absolute Gasteiger partial charge is 0.494 e. The molecule has 1 aliphatic rings. The van der Waals surface area contributed by atoms with E-state index in [-0.39, 0.29) is 5.92 Å². The van der Waals surface area contributed by atoms with Crippen LogP contribution in [0.1, 0.15) is 29.7 Å². The molecule has 1 aromatic carbocycles. The molecule has 4 aromatic rings. The van der Waals surface area contributed by atoms with Gasteiger partial charge in [0, 0.05) is 18.5 Å². The van der Waals surface area contributed by atoms with E-state index in [9.17, 15) is 4.79 Å². The molecule has 0 unspecified atom stereocenters. The van der Waals surface area contributed by atoms with Crippen molar-refractivity contribution >= 4 is 11.8 Å². The maximum atomic E-state index is 11.2. The second kappa shape index (κ2) is 7.45. The average Bonchev–Trinajstić information content (AvgIpc) is 3.33. The molecule has 3 aromatic heterocycles. The fourth-order valence-corrected chi connectivity index (χ4v) is 4.25. The van der Waals surface area contributed by atoms with Gasteiger partial charge in [-0.15, -0.1) is 5.10 Å². The summed E-state index contributed by atoms with van der Waals surface area (Å²) in [4.78, 5) is 24.4. The smallest absolute Gasteiger partial charge is 0.434 e. The lowest BCUT2D eigenvalue weighted by molar-refractivity contribution is 0.409. The number of H-pyrrole nitrogens is 1. The van der Waals surface area contributed by atoms with Crippen molar-refractivity contribution in [3.63, 3.8) is 0 Å². The molecule has 30 heavy (non-hydrogen) atoms. The first-order chi connectivity index (χ1) is 14.6. The van der Waals surface area contributed by atoms with E-state index in [2.05, 4.69) is 49.4 Å². The van der Waals surface area contributed by atoms with Crippen molar-refractivity contribution < 1.29 is 9.15 Å². The summed E-state index contributed by atoms with van der Waals surface area (Å²) in [6.07, 6.45) is 6.00. The summed E-state index contributed by atoms with van der Waals surface area (Å²) in [5.74, 6) is 1.07. The zero-order valence-corrected chi connectivity index (χ0v) is 17.1. The minimum absolute atomic E-state index is 0.156. The lowest BCUT2D eigenvalue weighted by atomic mass is 10.1. The Kier molecular flexibility index (Phi) is 4.62. The Labute approximate surface area is 175 Å². The Morgan fingerprint density at radius 2 is 1.93 bits per heavy atom. The summed E-state index contributed by atoms with van der Waals surface area (Å²) in [6, 6.07) is 8.31. The quantitative estimate of drug-likeness (QED) is 0.472. The molecule has 0 spiro atoms. The fraction of sp³-hybridized carbons (Fsp3) is 0.250. The number of ether oxygens (including phenoxy) is 1. The van der Waals surface area contributed by atoms with Crippen molar-refractivity contribution in [3.05, 3.63) is 65.0 Å².